The highest BCUT2D eigenvalue weighted by Gasteiger charge is 2.12. The van der Waals surface area contributed by atoms with Gasteiger partial charge >= 0.3 is 0 Å². The van der Waals surface area contributed by atoms with Gasteiger partial charge < -0.3 is 5.73 Å². The number of anilines is 2. The van der Waals surface area contributed by atoms with Crippen LogP contribution in [0.25, 0.3) is 0 Å². The number of para-hydroxylation sites is 1. The molecule has 0 spiro atoms. The molecule has 6 nitrogen and oxygen atoms in total. The highest BCUT2D eigenvalue weighted by atomic mass is 35.5. The maximum Gasteiger partial charge on any atom is 0.234 e. The van der Waals surface area contributed by atoms with E-state index in [1.807, 2.05) is 18.2 Å². The molecule has 3 N–H and O–H groups in total. The average molecular weight is 345 g/mol. The van der Waals surface area contributed by atoms with Crippen LogP contribution in [0.2, 0.25) is 5.15 Å². The number of aromatic nitrogens is 2. The van der Waals surface area contributed by atoms with Crippen molar-refractivity contribution in [1.29, 1.82) is 0 Å². The van der Waals surface area contributed by atoms with E-state index in [1.165, 1.54) is 24.2 Å². The summed E-state index contributed by atoms with van der Waals surface area (Å²) in [5.41, 5.74) is 6.43. The number of nitrogens with one attached hydrogen (secondary N) is 1. The number of nitrogen functional groups attached to an aromatic ring is 1. The number of hydrogen-bond acceptors (Lipinski definition) is 6. The third-order valence-electron chi connectivity index (χ3n) is 2.42. The lowest BCUT2D eigenvalue weighted by atomic mass is 10.3. The Morgan fingerprint density at radius 2 is 2.05 bits per heavy atom. The predicted molar refractivity (Wildman–Crippen MR) is 86.0 cm³/mol. The molecule has 0 saturated carbocycles. The maximum absolute atomic E-state index is 11.9. The summed E-state index contributed by atoms with van der Waals surface area (Å²) < 4.78 is 26.2. The second-order valence-electron chi connectivity index (χ2n) is 4.03. The molecular weight excluding hydrogens is 332 g/mol. The second kappa shape index (κ2) is 6.97. The lowest BCUT2D eigenvalue weighted by Crippen LogP contribution is -2.19. The van der Waals surface area contributed by atoms with E-state index >= 15 is 0 Å². The molecule has 21 heavy (non-hydrogen) atoms. The number of sulfonamides is 1. The number of halogens is 1. The van der Waals surface area contributed by atoms with Crippen molar-refractivity contribution < 1.29 is 8.42 Å². The molecule has 0 fully saturated rings. The van der Waals surface area contributed by atoms with Crippen molar-refractivity contribution in [3.63, 3.8) is 0 Å². The molecule has 0 bridgehead atoms. The van der Waals surface area contributed by atoms with E-state index in [2.05, 4.69) is 14.7 Å². The van der Waals surface area contributed by atoms with Gasteiger partial charge in [-0.3, -0.25) is 4.72 Å². The zero-order valence-corrected chi connectivity index (χ0v) is 13.2. The minimum atomic E-state index is -3.49. The van der Waals surface area contributed by atoms with E-state index in [9.17, 15) is 8.42 Å². The van der Waals surface area contributed by atoms with Crippen molar-refractivity contribution in [2.24, 2.45) is 0 Å². The molecule has 0 radical (unpaired) electrons. The topological polar surface area (TPSA) is 98.0 Å². The van der Waals surface area contributed by atoms with Crippen molar-refractivity contribution in [3.8, 4) is 0 Å². The maximum atomic E-state index is 11.9. The van der Waals surface area contributed by atoms with Gasteiger partial charge in [-0.25, -0.2) is 18.4 Å². The molecule has 1 heterocycles. The Morgan fingerprint density at radius 3 is 2.76 bits per heavy atom. The Bertz CT molecular complexity index is 725. The van der Waals surface area contributed by atoms with Gasteiger partial charge in [-0.15, -0.1) is 11.8 Å². The summed E-state index contributed by atoms with van der Waals surface area (Å²) in [4.78, 5) is 8.33. The fraction of sp³-hybridized carbons (Fsp3) is 0.167. The molecule has 112 valence electrons. The van der Waals surface area contributed by atoms with Crippen LogP contribution in [0.1, 0.15) is 0 Å². The van der Waals surface area contributed by atoms with Crippen LogP contribution in [0.3, 0.4) is 0 Å². The molecule has 0 aliphatic rings. The Kier molecular flexibility index (Phi) is 5.27. The summed E-state index contributed by atoms with van der Waals surface area (Å²) in [6.45, 7) is 0. The first-order valence-electron chi connectivity index (χ1n) is 5.91. The summed E-state index contributed by atoms with van der Waals surface area (Å²) in [6, 6.07) is 8.66. The number of benzene rings is 1. The van der Waals surface area contributed by atoms with Crippen LogP contribution in [0.5, 0.6) is 0 Å². The smallest absolute Gasteiger partial charge is 0.234 e. The van der Waals surface area contributed by atoms with Gasteiger partial charge in [-0.05, 0) is 12.1 Å². The van der Waals surface area contributed by atoms with E-state index in [0.29, 0.717) is 11.4 Å². The van der Waals surface area contributed by atoms with Gasteiger partial charge in [0.25, 0.3) is 0 Å². The average Bonchev–Trinajstić information content (AvgIpc) is 2.40. The lowest BCUT2D eigenvalue weighted by Gasteiger charge is -2.08. The van der Waals surface area contributed by atoms with E-state index in [4.69, 9.17) is 17.3 Å². The van der Waals surface area contributed by atoms with Crippen LogP contribution in [0, 0.1) is 0 Å². The van der Waals surface area contributed by atoms with Crippen molar-refractivity contribution in [2.75, 3.05) is 22.0 Å². The van der Waals surface area contributed by atoms with E-state index in [0.717, 1.165) is 4.90 Å². The first-order chi connectivity index (χ1) is 9.96. The Morgan fingerprint density at radius 1 is 1.29 bits per heavy atom. The van der Waals surface area contributed by atoms with Crippen LogP contribution in [-0.4, -0.2) is 29.9 Å². The van der Waals surface area contributed by atoms with Crippen molar-refractivity contribution in [2.45, 2.75) is 4.90 Å². The normalized spacial score (nSPS) is 11.3. The van der Waals surface area contributed by atoms with Crippen molar-refractivity contribution >= 4 is 44.9 Å². The first-order valence-corrected chi connectivity index (χ1v) is 8.93. The zero-order valence-electron chi connectivity index (χ0n) is 10.9. The van der Waals surface area contributed by atoms with E-state index < -0.39 is 10.0 Å². The Hall–Kier alpha value is -1.51. The molecule has 2 rings (SSSR count). The van der Waals surface area contributed by atoms with Crippen molar-refractivity contribution in [3.05, 3.63) is 41.8 Å². The minimum Gasteiger partial charge on any atom is -0.398 e. The highest BCUT2D eigenvalue weighted by molar-refractivity contribution is 8.01. The number of thioether (sulfide) groups is 1. The molecule has 0 atom stereocenters. The molecule has 0 unspecified atom stereocenters. The summed E-state index contributed by atoms with van der Waals surface area (Å²) in [6.07, 6.45) is 1.19. The van der Waals surface area contributed by atoms with Gasteiger partial charge in [0.2, 0.25) is 10.0 Å². The SMILES string of the molecule is Nc1ccccc1SCCS(=O)(=O)Nc1cc(Cl)ncn1. The van der Waals surface area contributed by atoms with Crippen molar-refractivity contribution in [1.82, 2.24) is 9.97 Å². The monoisotopic (exact) mass is 344 g/mol. The number of nitrogens with zero attached hydrogens (tertiary/aromatic N) is 2. The predicted octanol–water partition coefficient (Wildman–Crippen LogP) is 2.25. The van der Waals surface area contributed by atoms with Crippen LogP contribution in [-0.2, 0) is 10.0 Å². The molecule has 0 aliphatic heterocycles. The molecular formula is C12H13ClN4O2S2. The molecule has 1 aromatic carbocycles. The lowest BCUT2D eigenvalue weighted by molar-refractivity contribution is 0.602. The van der Waals surface area contributed by atoms with Crippen LogP contribution < -0.4 is 10.5 Å². The van der Waals surface area contributed by atoms with E-state index in [-0.39, 0.29) is 16.7 Å². The second-order valence-corrected chi connectivity index (χ2v) is 7.40. The van der Waals surface area contributed by atoms with Gasteiger partial charge in [0.05, 0.1) is 5.75 Å². The van der Waals surface area contributed by atoms with Gasteiger partial charge in [0.1, 0.15) is 17.3 Å². The molecule has 0 saturated heterocycles. The Balaban J connectivity index is 1.91. The van der Waals surface area contributed by atoms with Gasteiger partial charge in [0.15, 0.2) is 0 Å². The molecule has 0 aliphatic carbocycles. The standard InChI is InChI=1S/C12H13ClN4O2S2/c13-11-7-12(16-8-15-11)17-21(18,19)6-5-20-10-4-2-1-3-9(10)14/h1-4,7-8H,5-6,14H2,(H,15,16,17). The van der Waals surface area contributed by atoms with Crippen LogP contribution in [0.15, 0.2) is 41.6 Å². The van der Waals surface area contributed by atoms with Gasteiger partial charge in [-0.2, -0.15) is 0 Å². The number of nitrogens with two attached hydrogens (primary N) is 1. The van der Waals surface area contributed by atoms with Gasteiger partial charge in [0, 0.05) is 22.4 Å². The summed E-state index contributed by atoms with van der Waals surface area (Å²) in [7, 11) is -3.49. The summed E-state index contributed by atoms with van der Waals surface area (Å²) in [5.74, 6) is 0.468. The largest absolute Gasteiger partial charge is 0.398 e. The minimum absolute atomic E-state index is 0.0619. The van der Waals surface area contributed by atoms with Gasteiger partial charge in [-0.1, -0.05) is 23.7 Å². The molecule has 2 aromatic rings. The quantitative estimate of drug-likeness (QED) is 0.474. The summed E-state index contributed by atoms with van der Waals surface area (Å²) >= 11 is 7.06. The van der Waals surface area contributed by atoms with Crippen LogP contribution in [0.4, 0.5) is 11.5 Å². The van der Waals surface area contributed by atoms with E-state index in [1.54, 1.807) is 6.07 Å². The Labute approximate surface area is 132 Å². The fourth-order valence-electron chi connectivity index (χ4n) is 1.47. The summed E-state index contributed by atoms with van der Waals surface area (Å²) in [5, 5.41) is 0.175. The highest BCUT2D eigenvalue weighted by Crippen LogP contribution is 2.24. The molecule has 0 amide bonds. The molecule has 1 aromatic heterocycles. The number of rotatable bonds is 6. The molecule has 9 heteroatoms. The number of hydrogen-bond donors (Lipinski definition) is 2. The fourth-order valence-corrected chi connectivity index (χ4v) is 3.99. The van der Waals surface area contributed by atoms with Crippen LogP contribution >= 0.6 is 23.4 Å². The third-order valence-corrected chi connectivity index (χ3v) is 5.24. The zero-order chi connectivity index (χ0) is 15.3. The third kappa shape index (κ3) is 5.07. The first kappa shape index (κ1) is 15.9.